The third-order valence-corrected chi connectivity index (χ3v) is 5.48. The van der Waals surface area contributed by atoms with E-state index in [4.69, 9.17) is 4.74 Å². The summed E-state index contributed by atoms with van der Waals surface area (Å²) in [5.74, 6) is 0.913. The lowest BCUT2D eigenvalue weighted by Crippen LogP contribution is -2.22. The van der Waals surface area contributed by atoms with Gasteiger partial charge in [0.15, 0.2) is 0 Å². The van der Waals surface area contributed by atoms with Crippen molar-refractivity contribution in [2.24, 2.45) is 0 Å². The molecule has 0 fully saturated rings. The fourth-order valence-corrected chi connectivity index (χ4v) is 5.12. The van der Waals surface area contributed by atoms with Gasteiger partial charge in [-0.3, -0.25) is 0 Å². The molecule has 0 aliphatic rings. The second kappa shape index (κ2) is 7.07. The number of benzene rings is 1. The molecule has 0 amide bonds. The molecule has 1 N–H and O–H groups in total. The van der Waals surface area contributed by atoms with Crippen LogP contribution in [0.3, 0.4) is 0 Å². The molecule has 0 saturated carbocycles. The lowest BCUT2D eigenvalue weighted by molar-refractivity contribution is 0.404. The first-order valence-electron chi connectivity index (χ1n) is 6.39. The summed E-state index contributed by atoms with van der Waals surface area (Å²) in [7, 11) is 1.72. The molecule has 108 valence electrons. The van der Waals surface area contributed by atoms with E-state index in [1.807, 2.05) is 6.07 Å². The Labute approximate surface area is 140 Å². The smallest absolute Gasteiger partial charge is 0.124 e. The lowest BCUT2D eigenvalue weighted by Gasteiger charge is -2.21. The van der Waals surface area contributed by atoms with Crippen LogP contribution in [0.25, 0.3) is 0 Å². The van der Waals surface area contributed by atoms with E-state index in [1.165, 1.54) is 16.7 Å². The number of halogens is 2. The van der Waals surface area contributed by atoms with Crippen LogP contribution in [0.5, 0.6) is 5.75 Å². The molecule has 1 atom stereocenters. The SMILES string of the molecule is CCNC(c1cc(C)ccc1OC)c1cc(Br)sc1Br. The highest BCUT2D eigenvalue weighted by Gasteiger charge is 2.21. The molecular formula is C15H17Br2NOS. The molecule has 0 aliphatic heterocycles. The quantitative estimate of drug-likeness (QED) is 0.712. The molecule has 1 unspecified atom stereocenters. The summed E-state index contributed by atoms with van der Waals surface area (Å²) in [4.78, 5) is 0. The van der Waals surface area contributed by atoms with Crippen LogP contribution in [0.2, 0.25) is 0 Å². The van der Waals surface area contributed by atoms with E-state index in [1.54, 1.807) is 18.4 Å². The maximum atomic E-state index is 5.53. The van der Waals surface area contributed by atoms with Gasteiger partial charge in [-0.05, 0) is 63.0 Å². The number of methoxy groups -OCH3 is 1. The van der Waals surface area contributed by atoms with Crippen LogP contribution >= 0.6 is 43.2 Å². The van der Waals surface area contributed by atoms with Crippen molar-refractivity contribution in [2.45, 2.75) is 19.9 Å². The van der Waals surface area contributed by atoms with E-state index in [-0.39, 0.29) is 6.04 Å². The molecular weight excluding hydrogens is 402 g/mol. The highest BCUT2D eigenvalue weighted by Crippen LogP contribution is 2.40. The first-order valence-corrected chi connectivity index (χ1v) is 8.79. The average Bonchev–Trinajstić information content (AvgIpc) is 2.75. The molecule has 2 nitrogen and oxygen atoms in total. The predicted molar refractivity (Wildman–Crippen MR) is 93.0 cm³/mol. The van der Waals surface area contributed by atoms with Gasteiger partial charge in [-0.15, -0.1) is 11.3 Å². The topological polar surface area (TPSA) is 21.3 Å². The van der Waals surface area contributed by atoms with Gasteiger partial charge in [-0.25, -0.2) is 0 Å². The summed E-state index contributed by atoms with van der Waals surface area (Å²) in [5, 5.41) is 3.55. The third-order valence-electron chi connectivity index (χ3n) is 3.10. The van der Waals surface area contributed by atoms with Crippen molar-refractivity contribution in [3.8, 4) is 5.75 Å². The maximum Gasteiger partial charge on any atom is 0.124 e. The minimum absolute atomic E-state index is 0.117. The number of aryl methyl sites for hydroxylation is 1. The van der Waals surface area contributed by atoms with Gasteiger partial charge in [0.2, 0.25) is 0 Å². The standard InChI is InChI=1S/C15H17Br2NOS/c1-4-18-14(11-8-13(16)20-15(11)17)10-7-9(2)5-6-12(10)19-3/h5-8,14,18H,4H2,1-3H3. The Bertz CT molecular complexity index is 598. The minimum Gasteiger partial charge on any atom is -0.496 e. The average molecular weight is 419 g/mol. The minimum atomic E-state index is 0.117. The van der Waals surface area contributed by atoms with Crippen molar-refractivity contribution in [3.63, 3.8) is 0 Å². The Hall–Kier alpha value is -0.360. The molecule has 0 aliphatic carbocycles. The molecule has 0 radical (unpaired) electrons. The van der Waals surface area contributed by atoms with Gasteiger partial charge in [0.1, 0.15) is 5.75 Å². The second-order valence-corrected chi connectivity index (χ2v) is 8.26. The number of hydrogen-bond acceptors (Lipinski definition) is 3. The number of ether oxygens (including phenoxy) is 1. The van der Waals surface area contributed by atoms with Crippen LogP contribution < -0.4 is 10.1 Å². The second-order valence-electron chi connectivity index (χ2n) is 4.52. The first kappa shape index (κ1) is 16.0. The van der Waals surface area contributed by atoms with E-state index in [2.05, 4.69) is 69.2 Å². The zero-order valence-corrected chi connectivity index (χ0v) is 15.7. The van der Waals surface area contributed by atoms with Crippen molar-refractivity contribution >= 4 is 43.2 Å². The van der Waals surface area contributed by atoms with E-state index in [9.17, 15) is 0 Å². The van der Waals surface area contributed by atoms with Crippen molar-refractivity contribution < 1.29 is 4.74 Å². The van der Waals surface area contributed by atoms with Crippen molar-refractivity contribution in [2.75, 3.05) is 13.7 Å². The molecule has 20 heavy (non-hydrogen) atoms. The van der Waals surface area contributed by atoms with Crippen molar-refractivity contribution in [1.82, 2.24) is 5.32 Å². The van der Waals surface area contributed by atoms with E-state index >= 15 is 0 Å². The number of hydrogen-bond donors (Lipinski definition) is 1. The highest BCUT2D eigenvalue weighted by molar-refractivity contribution is 9.12. The Morgan fingerprint density at radius 2 is 2.00 bits per heavy atom. The molecule has 0 bridgehead atoms. The van der Waals surface area contributed by atoms with Crippen molar-refractivity contribution in [3.05, 3.63) is 48.5 Å². The molecule has 2 aromatic rings. The van der Waals surface area contributed by atoms with Crippen LogP contribution in [0.4, 0.5) is 0 Å². The first-order chi connectivity index (χ1) is 9.56. The zero-order chi connectivity index (χ0) is 14.7. The van der Waals surface area contributed by atoms with Crippen molar-refractivity contribution in [1.29, 1.82) is 0 Å². The lowest BCUT2D eigenvalue weighted by atomic mass is 9.98. The molecule has 0 spiro atoms. The highest BCUT2D eigenvalue weighted by atomic mass is 79.9. The Morgan fingerprint density at radius 1 is 1.25 bits per heavy atom. The summed E-state index contributed by atoms with van der Waals surface area (Å²) in [5.41, 5.74) is 3.63. The van der Waals surface area contributed by atoms with Gasteiger partial charge < -0.3 is 10.1 Å². The normalized spacial score (nSPS) is 12.4. The molecule has 1 heterocycles. The molecule has 1 aromatic heterocycles. The van der Waals surface area contributed by atoms with Gasteiger partial charge in [0.25, 0.3) is 0 Å². The third kappa shape index (κ3) is 3.45. The fourth-order valence-electron chi connectivity index (χ4n) is 2.22. The summed E-state index contributed by atoms with van der Waals surface area (Å²) in [6, 6.07) is 8.56. The fraction of sp³-hybridized carbons (Fsp3) is 0.333. The van der Waals surface area contributed by atoms with Gasteiger partial charge in [-0.1, -0.05) is 24.6 Å². The van der Waals surface area contributed by atoms with E-state index < -0.39 is 0 Å². The monoisotopic (exact) mass is 417 g/mol. The predicted octanol–water partition coefficient (Wildman–Crippen LogP) is 5.29. The van der Waals surface area contributed by atoms with Crippen LogP contribution in [0, 0.1) is 6.92 Å². The Kier molecular flexibility index (Phi) is 5.66. The van der Waals surface area contributed by atoms with E-state index in [0.29, 0.717) is 0 Å². The molecule has 2 rings (SSSR count). The molecule has 0 saturated heterocycles. The van der Waals surface area contributed by atoms with E-state index in [0.717, 1.165) is 19.9 Å². The number of thiophene rings is 1. The van der Waals surface area contributed by atoms with Crippen LogP contribution in [-0.2, 0) is 0 Å². The van der Waals surface area contributed by atoms with Gasteiger partial charge >= 0.3 is 0 Å². The molecule has 1 aromatic carbocycles. The van der Waals surface area contributed by atoms with Crippen LogP contribution in [0.1, 0.15) is 29.7 Å². The summed E-state index contributed by atoms with van der Waals surface area (Å²) in [6.07, 6.45) is 0. The zero-order valence-electron chi connectivity index (χ0n) is 11.7. The summed E-state index contributed by atoms with van der Waals surface area (Å²) >= 11 is 8.90. The van der Waals surface area contributed by atoms with Gasteiger partial charge in [0, 0.05) is 5.56 Å². The number of rotatable bonds is 5. The number of nitrogens with one attached hydrogen (secondary N) is 1. The van der Waals surface area contributed by atoms with Gasteiger partial charge in [-0.2, -0.15) is 0 Å². The summed E-state index contributed by atoms with van der Waals surface area (Å²) < 4.78 is 7.79. The van der Waals surface area contributed by atoms with Crippen LogP contribution in [-0.4, -0.2) is 13.7 Å². The Balaban J connectivity index is 2.53. The Morgan fingerprint density at radius 3 is 2.55 bits per heavy atom. The van der Waals surface area contributed by atoms with Crippen LogP contribution in [0.15, 0.2) is 31.8 Å². The largest absolute Gasteiger partial charge is 0.496 e. The molecule has 5 heteroatoms. The maximum absolute atomic E-state index is 5.53. The summed E-state index contributed by atoms with van der Waals surface area (Å²) in [6.45, 7) is 5.11. The van der Waals surface area contributed by atoms with Gasteiger partial charge in [0.05, 0.1) is 20.7 Å².